The summed E-state index contributed by atoms with van der Waals surface area (Å²) in [7, 11) is 1.42. The normalized spacial score (nSPS) is 30.0. The molecule has 2 aromatic heterocycles. The summed E-state index contributed by atoms with van der Waals surface area (Å²) in [4.78, 5) is 101. The van der Waals surface area contributed by atoms with Crippen molar-refractivity contribution in [1.29, 1.82) is 0 Å². The number of ketones is 3. The first-order valence-corrected chi connectivity index (χ1v) is 28.2. The van der Waals surface area contributed by atoms with Crippen molar-refractivity contribution < 1.29 is 72.5 Å². The number of fused-ring (bicyclic) bond motifs is 15. The Bertz CT molecular complexity index is 3330. The topological polar surface area (TPSA) is 272 Å². The number of benzene rings is 1. The number of carboxylic acids is 1. The Kier molecular flexibility index (Phi) is 16.8. The lowest BCUT2D eigenvalue weighted by atomic mass is 9.78. The van der Waals surface area contributed by atoms with E-state index in [1.54, 1.807) is 51.7 Å². The summed E-state index contributed by atoms with van der Waals surface area (Å²) in [6.45, 7) is 16.2. The van der Waals surface area contributed by atoms with Crippen molar-refractivity contribution >= 4 is 46.4 Å². The van der Waals surface area contributed by atoms with E-state index >= 15 is 14.0 Å². The number of aromatic nitrogens is 1. The number of phenolic OH excluding ortho intramolecular Hbond substituents is 1. The van der Waals surface area contributed by atoms with Crippen LogP contribution in [0.15, 0.2) is 64.6 Å². The molecule has 21 heteroatoms. The highest BCUT2D eigenvalue weighted by molar-refractivity contribution is 6.32. The average molecular weight is 1140 g/mol. The molecular weight excluding hydrogens is 1060 g/mol. The van der Waals surface area contributed by atoms with E-state index < -0.39 is 129 Å². The maximum Gasteiger partial charge on any atom is 0.341 e. The van der Waals surface area contributed by atoms with E-state index in [-0.39, 0.29) is 59.1 Å². The third-order valence-electron chi connectivity index (χ3n) is 17.7. The van der Waals surface area contributed by atoms with Gasteiger partial charge in [0.2, 0.25) is 11.6 Å². The Hall–Kier alpha value is -7.20. The summed E-state index contributed by atoms with van der Waals surface area (Å²) in [6.07, 6.45) is 7.74. The molecule has 2 aliphatic carbocycles. The molecule has 0 unspecified atom stereocenters. The zero-order chi connectivity index (χ0) is 59.5. The van der Waals surface area contributed by atoms with Crippen LogP contribution in [-0.2, 0) is 23.8 Å². The van der Waals surface area contributed by atoms with Gasteiger partial charge >= 0.3 is 17.7 Å². The van der Waals surface area contributed by atoms with Gasteiger partial charge in [-0.15, -0.1) is 0 Å². The minimum Gasteiger partial charge on any atom is -0.507 e. The van der Waals surface area contributed by atoms with Gasteiger partial charge in [0.25, 0.3) is 17.2 Å². The number of carboxylic acid groups (broad SMARTS) is 1. The first kappa shape index (κ1) is 59.4. The lowest BCUT2D eigenvalue weighted by Gasteiger charge is -2.38. The van der Waals surface area contributed by atoms with E-state index in [0.29, 0.717) is 49.2 Å². The van der Waals surface area contributed by atoms with Crippen molar-refractivity contribution in [3.05, 3.63) is 115 Å². The third-order valence-corrected chi connectivity index (χ3v) is 17.7. The molecule has 10 rings (SSSR count). The number of esters is 1. The van der Waals surface area contributed by atoms with Crippen molar-refractivity contribution in [3.63, 3.8) is 0 Å². The number of Topliss-reactive ketones (excluding diaryl/α,β-unsaturated/α-hetero) is 3. The number of halogens is 1. The van der Waals surface area contributed by atoms with E-state index in [9.17, 15) is 44.4 Å². The number of hydrogen-bond acceptors (Lipinski definition) is 17. The van der Waals surface area contributed by atoms with Gasteiger partial charge in [0.15, 0.2) is 5.82 Å². The van der Waals surface area contributed by atoms with Gasteiger partial charge in [-0.1, -0.05) is 45.9 Å². The zero-order valence-electron chi connectivity index (χ0n) is 48.0. The molecule has 20 nitrogen and oxygen atoms in total. The predicted molar refractivity (Wildman–Crippen MR) is 298 cm³/mol. The SMILES string of the molecule is CO[C@H]1/C=C/O[C@@]2(C)Oc3c(C)c(O)c4c(c3C2=O)C(=O)C(N2CCC(NC[C@H]3CCN(c5c(F)cn6c(=O)c(C(=O)O)cc(C7CC7)c6c5C)C3)CC2)=C(NC(=O)/C(C)=C\C=C\[C@H](C)[C@H](O)[C@@H](C)[C@@H](O)[C@@H](C)[C@H](OC(C)=O)[C@@H]1C)C4=O. The minimum absolute atomic E-state index is 0.0310. The number of aliphatic hydroxyl groups excluding tert-OH is 2. The lowest BCUT2D eigenvalue weighted by Crippen LogP contribution is -2.47. The molecule has 1 aromatic carbocycles. The number of piperidine rings is 1. The molecule has 7 aliphatic rings. The van der Waals surface area contributed by atoms with Gasteiger partial charge in [0.05, 0.1) is 58.7 Å². The van der Waals surface area contributed by atoms with Crippen LogP contribution in [0.1, 0.15) is 145 Å². The lowest BCUT2D eigenvalue weighted by molar-refractivity contribution is -0.160. The average Bonchev–Trinajstić information content (AvgIpc) is 1.70. The largest absolute Gasteiger partial charge is 0.507 e. The van der Waals surface area contributed by atoms with Crippen LogP contribution >= 0.6 is 0 Å². The molecule has 6 N–H and O–H groups in total. The molecule has 82 heavy (non-hydrogen) atoms. The number of rotatable bonds is 9. The number of amides is 1. The van der Waals surface area contributed by atoms with Crippen molar-refractivity contribution in [2.24, 2.45) is 29.6 Å². The molecule has 0 radical (unpaired) electrons. The Labute approximate surface area is 474 Å². The Morgan fingerprint density at radius 3 is 2.21 bits per heavy atom. The summed E-state index contributed by atoms with van der Waals surface area (Å²) in [5.41, 5.74) is -0.634. The standard InChI is InChI=1S/C61H74FN5O15/c1-28-12-11-13-29(2)58(75)64-46-49(65-21-17-38(18-22-65)63-25-36-16-20-66(26-36)48-31(4)47-39(37-14-15-37)24-40(60(77)78)59(76)67(47)27-41(48)62)54(73)43-44(53(46)72)52(71)34(7)56-45(43)57(74)61(9,82-56)80-23-19-42(79-10)30(3)55(81-35(8)68)33(6)51(70)32(5)50(28)69/h11-13,19,23-24,27-28,30,32-33,36-38,42,50-51,55,63,69-71H,14-18,20-22,25-26H2,1-10H3,(H,64,75)(H,77,78)/b12-11+,23-19+,29-13-/t28-,30+,32+,33+,36+,42-,50-,51+,55+,61-/m0/s1. The number of anilines is 1. The number of nitrogens with zero attached hydrogens (tertiary/aromatic N) is 3. The summed E-state index contributed by atoms with van der Waals surface area (Å²) in [6, 6.07) is 1.38. The van der Waals surface area contributed by atoms with Crippen LogP contribution in [0, 0.1) is 49.3 Å². The second kappa shape index (κ2) is 23.2. The smallest absolute Gasteiger partial charge is 0.341 e. The number of carbonyl (C=O) groups excluding carboxylic acids is 5. The molecule has 7 heterocycles. The van der Waals surface area contributed by atoms with Gasteiger partial charge in [0, 0.05) is 88.0 Å². The van der Waals surface area contributed by atoms with E-state index in [1.807, 2.05) is 4.90 Å². The molecule has 1 saturated carbocycles. The quantitative estimate of drug-likeness (QED) is 0.131. The molecule has 5 bridgehead atoms. The number of methoxy groups -OCH3 is 1. The van der Waals surface area contributed by atoms with Crippen LogP contribution in [0.3, 0.4) is 0 Å². The number of aliphatic hydroxyl groups is 2. The number of aromatic hydroxyl groups is 1. The number of ether oxygens (including phenoxy) is 4. The molecular formula is C61H74FN5O15. The molecule has 2 saturated heterocycles. The number of phenols is 1. The van der Waals surface area contributed by atoms with E-state index in [1.165, 1.54) is 59.3 Å². The minimum atomic E-state index is -2.14. The van der Waals surface area contributed by atoms with E-state index in [2.05, 4.69) is 10.6 Å². The van der Waals surface area contributed by atoms with Crippen LogP contribution < -0.4 is 25.8 Å². The predicted octanol–water partition coefficient (Wildman–Crippen LogP) is 6.17. The molecule has 10 atom stereocenters. The Morgan fingerprint density at radius 2 is 1.56 bits per heavy atom. The zero-order valence-corrected chi connectivity index (χ0v) is 48.0. The van der Waals surface area contributed by atoms with Crippen LogP contribution in [0.2, 0.25) is 0 Å². The second-order valence-corrected chi connectivity index (χ2v) is 23.4. The van der Waals surface area contributed by atoms with Crippen LogP contribution in [0.25, 0.3) is 5.52 Å². The van der Waals surface area contributed by atoms with Gasteiger partial charge in [-0.05, 0) is 94.5 Å². The molecule has 3 aromatic rings. The number of allylic oxidation sites excluding steroid dienone is 4. The number of pyridine rings is 2. The summed E-state index contributed by atoms with van der Waals surface area (Å²) >= 11 is 0. The van der Waals surface area contributed by atoms with Gasteiger partial charge in [-0.2, -0.15) is 0 Å². The van der Waals surface area contributed by atoms with E-state index in [4.69, 9.17) is 18.9 Å². The second-order valence-electron chi connectivity index (χ2n) is 23.4. The van der Waals surface area contributed by atoms with E-state index in [0.717, 1.165) is 35.4 Å². The van der Waals surface area contributed by atoms with Crippen molar-refractivity contribution in [2.45, 2.75) is 137 Å². The number of aryl methyl sites for hydroxylation is 1. The number of carbonyl (C=O) groups is 6. The summed E-state index contributed by atoms with van der Waals surface area (Å²) in [5, 5.41) is 51.1. The maximum atomic E-state index is 16.1. The fourth-order valence-corrected chi connectivity index (χ4v) is 12.7. The fourth-order valence-electron chi connectivity index (χ4n) is 12.7. The maximum absolute atomic E-state index is 16.1. The van der Waals surface area contributed by atoms with Crippen LogP contribution in [0.5, 0.6) is 11.5 Å². The number of nitrogens with one attached hydrogen (secondary N) is 2. The highest BCUT2D eigenvalue weighted by Crippen LogP contribution is 2.50. The van der Waals surface area contributed by atoms with Gasteiger partial charge in [0.1, 0.15) is 34.6 Å². The first-order chi connectivity index (χ1) is 38.8. The fraction of sp³-hybridized carbons (Fsp3) is 0.525. The Morgan fingerprint density at radius 1 is 0.878 bits per heavy atom. The molecule has 5 aliphatic heterocycles. The molecule has 3 fully saturated rings. The number of aromatic carboxylic acids is 1. The van der Waals surface area contributed by atoms with Crippen molar-refractivity contribution in [1.82, 2.24) is 19.9 Å². The van der Waals surface area contributed by atoms with Gasteiger partial charge in [-0.3, -0.25) is 33.2 Å². The number of hydrogen-bond donors (Lipinski definition) is 6. The van der Waals surface area contributed by atoms with Crippen molar-refractivity contribution in [3.8, 4) is 11.5 Å². The van der Waals surface area contributed by atoms with Gasteiger partial charge < -0.3 is 59.8 Å². The van der Waals surface area contributed by atoms with Crippen molar-refractivity contribution in [2.75, 3.05) is 44.7 Å². The van der Waals surface area contributed by atoms with Crippen LogP contribution in [-0.4, -0.2) is 141 Å². The number of likely N-dealkylation sites (tertiary alicyclic amines) is 1. The van der Waals surface area contributed by atoms with Crippen LogP contribution in [0.4, 0.5) is 10.1 Å². The highest BCUT2D eigenvalue weighted by atomic mass is 19.1. The van der Waals surface area contributed by atoms with Gasteiger partial charge in [-0.25, -0.2) is 9.18 Å². The monoisotopic (exact) mass is 1140 g/mol. The summed E-state index contributed by atoms with van der Waals surface area (Å²) < 4.78 is 41.1. The molecule has 440 valence electrons. The molecule has 1 amide bonds. The Balaban J connectivity index is 0.989. The first-order valence-electron chi connectivity index (χ1n) is 28.2. The molecule has 0 spiro atoms. The summed E-state index contributed by atoms with van der Waals surface area (Å²) in [5.74, 6) is -11.3. The third kappa shape index (κ3) is 10.9. The highest BCUT2D eigenvalue weighted by Gasteiger charge is 2.53.